The van der Waals surface area contributed by atoms with Gasteiger partial charge in [0.05, 0.1) is 4.90 Å². The highest BCUT2D eigenvalue weighted by Crippen LogP contribution is 2.26. The summed E-state index contributed by atoms with van der Waals surface area (Å²) in [6.07, 6.45) is 1.66. The summed E-state index contributed by atoms with van der Waals surface area (Å²) in [6, 6.07) is 12.8. The summed E-state index contributed by atoms with van der Waals surface area (Å²) >= 11 is 0. The summed E-state index contributed by atoms with van der Waals surface area (Å²) in [7, 11) is -2.33. The second-order valence-corrected chi connectivity index (χ2v) is 9.32. The predicted octanol–water partition coefficient (Wildman–Crippen LogP) is 2.57. The summed E-state index contributed by atoms with van der Waals surface area (Å²) in [4.78, 5) is 26.4. The number of sulfonamides is 1. The smallest absolute Gasteiger partial charge is 0.324 e. The van der Waals surface area contributed by atoms with Gasteiger partial charge >= 0.3 is 5.97 Å². The minimum Gasteiger partial charge on any atom is -0.454 e. The van der Waals surface area contributed by atoms with Gasteiger partial charge in [0.25, 0.3) is 5.91 Å². The van der Waals surface area contributed by atoms with E-state index in [1.54, 1.807) is 30.3 Å². The second kappa shape index (κ2) is 10.0. The zero-order valence-corrected chi connectivity index (χ0v) is 18.1. The van der Waals surface area contributed by atoms with E-state index in [0.29, 0.717) is 24.8 Å². The minimum atomic E-state index is -3.85. The Morgan fingerprint density at radius 2 is 1.87 bits per heavy atom. The molecule has 31 heavy (non-hydrogen) atoms. The molecule has 0 radical (unpaired) electrons. The number of ether oxygens (including phenoxy) is 1. The van der Waals surface area contributed by atoms with E-state index < -0.39 is 40.4 Å². The van der Waals surface area contributed by atoms with E-state index in [1.807, 2.05) is 0 Å². The van der Waals surface area contributed by atoms with Gasteiger partial charge in [0.1, 0.15) is 11.9 Å². The zero-order chi connectivity index (χ0) is 22.4. The van der Waals surface area contributed by atoms with Crippen molar-refractivity contribution in [1.82, 2.24) is 9.21 Å². The minimum absolute atomic E-state index is 0.112. The molecule has 1 aliphatic heterocycles. The Kier molecular flexibility index (Phi) is 7.40. The normalized spacial score (nSPS) is 17.2. The van der Waals surface area contributed by atoms with Crippen molar-refractivity contribution in [2.24, 2.45) is 0 Å². The van der Waals surface area contributed by atoms with E-state index in [2.05, 4.69) is 0 Å². The maximum Gasteiger partial charge on any atom is 0.324 e. The van der Waals surface area contributed by atoms with Crippen molar-refractivity contribution in [3.63, 3.8) is 0 Å². The van der Waals surface area contributed by atoms with E-state index in [-0.39, 0.29) is 18.0 Å². The summed E-state index contributed by atoms with van der Waals surface area (Å²) in [5.74, 6) is -1.61. The first-order valence-corrected chi connectivity index (χ1v) is 11.4. The molecule has 1 aliphatic rings. The van der Waals surface area contributed by atoms with E-state index in [0.717, 1.165) is 4.31 Å². The Labute approximate surface area is 181 Å². The third-order valence-electron chi connectivity index (χ3n) is 5.15. The maximum atomic E-state index is 13.3. The summed E-state index contributed by atoms with van der Waals surface area (Å²) in [5.41, 5.74) is 0.606. The van der Waals surface area contributed by atoms with Crippen LogP contribution >= 0.6 is 0 Å². The SMILES string of the molecule is CN(Cc1cccc(F)c1)C(=O)COC(=O)C1CCCCN1S(=O)(=O)c1ccccc1. The van der Waals surface area contributed by atoms with Gasteiger partial charge in [0.15, 0.2) is 6.61 Å². The number of rotatable bonds is 7. The van der Waals surface area contributed by atoms with Crippen LogP contribution in [0.1, 0.15) is 24.8 Å². The van der Waals surface area contributed by atoms with Gasteiger partial charge in [0, 0.05) is 20.1 Å². The van der Waals surface area contributed by atoms with Gasteiger partial charge in [-0.15, -0.1) is 0 Å². The molecule has 2 aromatic carbocycles. The van der Waals surface area contributed by atoms with Crippen LogP contribution in [-0.2, 0) is 30.9 Å². The number of likely N-dealkylation sites (N-methyl/N-ethyl adjacent to an activating group) is 1. The summed E-state index contributed by atoms with van der Waals surface area (Å²) in [5, 5.41) is 0. The maximum absolute atomic E-state index is 13.3. The van der Waals surface area contributed by atoms with Crippen LogP contribution in [0.4, 0.5) is 4.39 Å². The van der Waals surface area contributed by atoms with Gasteiger partial charge in [-0.2, -0.15) is 4.31 Å². The third kappa shape index (κ3) is 5.68. The van der Waals surface area contributed by atoms with Gasteiger partial charge in [-0.05, 0) is 49.1 Å². The van der Waals surface area contributed by atoms with Crippen LogP contribution in [0, 0.1) is 5.82 Å². The van der Waals surface area contributed by atoms with Crippen LogP contribution in [0.5, 0.6) is 0 Å². The third-order valence-corrected chi connectivity index (χ3v) is 7.07. The van der Waals surface area contributed by atoms with E-state index in [1.165, 1.54) is 36.2 Å². The number of nitrogens with zero attached hydrogens (tertiary/aromatic N) is 2. The van der Waals surface area contributed by atoms with Crippen molar-refractivity contribution in [1.29, 1.82) is 0 Å². The first-order valence-electron chi connectivity index (χ1n) is 10.0. The average Bonchev–Trinajstić information content (AvgIpc) is 2.77. The number of halogens is 1. The van der Waals surface area contributed by atoms with Gasteiger partial charge in [-0.25, -0.2) is 12.8 Å². The number of carbonyl (C=O) groups excluding carboxylic acids is 2. The van der Waals surface area contributed by atoms with Crippen molar-refractivity contribution in [3.05, 3.63) is 66.0 Å². The molecule has 1 heterocycles. The van der Waals surface area contributed by atoms with Crippen LogP contribution < -0.4 is 0 Å². The molecular weight excluding hydrogens is 423 g/mol. The second-order valence-electron chi connectivity index (χ2n) is 7.43. The highest BCUT2D eigenvalue weighted by Gasteiger charge is 2.38. The molecule has 166 valence electrons. The molecule has 0 aliphatic carbocycles. The molecule has 7 nitrogen and oxygen atoms in total. The number of benzene rings is 2. The zero-order valence-electron chi connectivity index (χ0n) is 17.2. The molecule has 9 heteroatoms. The van der Waals surface area contributed by atoms with Crippen molar-refractivity contribution < 1.29 is 27.1 Å². The van der Waals surface area contributed by atoms with E-state index >= 15 is 0 Å². The quantitative estimate of drug-likeness (QED) is 0.608. The lowest BCUT2D eigenvalue weighted by Gasteiger charge is -2.33. The lowest BCUT2D eigenvalue weighted by molar-refractivity contribution is -0.155. The van der Waals surface area contributed by atoms with Gasteiger partial charge < -0.3 is 9.64 Å². The summed E-state index contributed by atoms with van der Waals surface area (Å²) in [6.45, 7) is -0.142. The largest absolute Gasteiger partial charge is 0.454 e. The fourth-order valence-corrected chi connectivity index (χ4v) is 5.16. The molecule has 0 saturated carbocycles. The predicted molar refractivity (Wildman–Crippen MR) is 112 cm³/mol. The number of hydrogen-bond acceptors (Lipinski definition) is 5. The Morgan fingerprint density at radius 1 is 1.13 bits per heavy atom. The summed E-state index contributed by atoms with van der Waals surface area (Å²) < 4.78 is 45.6. The van der Waals surface area contributed by atoms with Gasteiger partial charge in [0.2, 0.25) is 10.0 Å². The number of amides is 1. The van der Waals surface area contributed by atoms with E-state index in [9.17, 15) is 22.4 Å². The van der Waals surface area contributed by atoms with Gasteiger partial charge in [-0.3, -0.25) is 9.59 Å². The molecule has 0 N–H and O–H groups in total. The fraction of sp³-hybridized carbons (Fsp3) is 0.364. The lowest BCUT2D eigenvalue weighted by Crippen LogP contribution is -2.49. The number of piperidine rings is 1. The molecular formula is C22H25FN2O5S. The highest BCUT2D eigenvalue weighted by atomic mass is 32.2. The van der Waals surface area contributed by atoms with Crippen molar-refractivity contribution in [2.45, 2.75) is 36.7 Å². The van der Waals surface area contributed by atoms with Crippen LogP contribution in [0.2, 0.25) is 0 Å². The lowest BCUT2D eigenvalue weighted by atomic mass is 10.1. The fourth-order valence-electron chi connectivity index (χ4n) is 3.49. The Hall–Kier alpha value is -2.78. The molecule has 0 aromatic heterocycles. The molecule has 1 saturated heterocycles. The molecule has 2 aromatic rings. The first-order chi connectivity index (χ1) is 14.8. The molecule has 1 unspecified atom stereocenters. The monoisotopic (exact) mass is 448 g/mol. The highest BCUT2D eigenvalue weighted by molar-refractivity contribution is 7.89. The van der Waals surface area contributed by atoms with E-state index in [4.69, 9.17) is 4.74 Å². The van der Waals surface area contributed by atoms with Crippen LogP contribution in [-0.4, -0.2) is 55.7 Å². The molecule has 0 spiro atoms. The van der Waals surface area contributed by atoms with Crippen molar-refractivity contribution in [2.75, 3.05) is 20.2 Å². The number of hydrogen-bond donors (Lipinski definition) is 0. The molecule has 1 atom stereocenters. The molecule has 3 rings (SSSR count). The van der Waals surface area contributed by atoms with Crippen molar-refractivity contribution in [3.8, 4) is 0 Å². The van der Waals surface area contributed by atoms with Crippen LogP contribution in [0.15, 0.2) is 59.5 Å². The van der Waals surface area contributed by atoms with Crippen LogP contribution in [0.25, 0.3) is 0 Å². The number of esters is 1. The Balaban J connectivity index is 1.62. The first kappa shape index (κ1) is 22.9. The Bertz CT molecular complexity index is 1030. The molecule has 1 fully saturated rings. The Morgan fingerprint density at radius 3 is 2.58 bits per heavy atom. The van der Waals surface area contributed by atoms with Crippen molar-refractivity contribution >= 4 is 21.9 Å². The topological polar surface area (TPSA) is 84.0 Å². The molecule has 1 amide bonds. The van der Waals surface area contributed by atoms with Gasteiger partial charge in [-0.1, -0.05) is 30.3 Å². The number of carbonyl (C=O) groups is 2. The molecule has 0 bridgehead atoms. The average molecular weight is 449 g/mol. The standard InChI is InChI=1S/C22H25FN2O5S/c1-24(15-17-8-7-9-18(23)14-17)21(26)16-30-22(27)20-12-5-6-13-25(20)31(28,29)19-10-3-2-4-11-19/h2-4,7-11,14,20H,5-6,12-13,15-16H2,1H3. The van der Waals surface area contributed by atoms with Crippen LogP contribution in [0.3, 0.4) is 0 Å².